The van der Waals surface area contributed by atoms with Crippen molar-refractivity contribution in [3.8, 4) is 0 Å². The molecule has 20 heavy (non-hydrogen) atoms. The van der Waals surface area contributed by atoms with E-state index in [1.54, 1.807) is 35.1 Å². The molecule has 1 N–H and O–H groups in total. The Hall–Kier alpha value is -1.85. The quantitative estimate of drug-likeness (QED) is 0.759. The Bertz CT molecular complexity index is 800. The molecule has 0 bridgehead atoms. The highest BCUT2D eigenvalue weighted by atomic mass is 79.9. The number of hydrogen-bond acceptors (Lipinski definition) is 2. The first kappa shape index (κ1) is 13.1. The first-order valence-corrected chi connectivity index (χ1v) is 7.01. The summed E-state index contributed by atoms with van der Waals surface area (Å²) in [5.41, 5.74) is 1.89. The van der Waals surface area contributed by atoms with Gasteiger partial charge in [0, 0.05) is 6.20 Å². The maximum Gasteiger partial charge on any atom is 0.259 e. The van der Waals surface area contributed by atoms with Gasteiger partial charge < -0.3 is 5.32 Å². The highest BCUT2D eigenvalue weighted by molar-refractivity contribution is 9.10. The Labute approximate surface area is 128 Å². The summed E-state index contributed by atoms with van der Waals surface area (Å²) in [4.78, 5) is 12.3. The van der Waals surface area contributed by atoms with E-state index in [0.29, 0.717) is 20.7 Å². The number of amides is 1. The van der Waals surface area contributed by atoms with E-state index in [2.05, 4.69) is 26.3 Å². The largest absolute Gasteiger partial charge is 0.321 e. The third-order valence-electron chi connectivity index (χ3n) is 2.87. The lowest BCUT2D eigenvalue weighted by atomic mass is 10.2. The number of carbonyl (C=O) groups excluding carboxylic acids is 1. The number of anilines is 1. The highest BCUT2D eigenvalue weighted by Gasteiger charge is 2.14. The van der Waals surface area contributed by atoms with E-state index in [1.807, 2.05) is 18.2 Å². The second-order valence-corrected chi connectivity index (χ2v) is 5.34. The van der Waals surface area contributed by atoms with Gasteiger partial charge in [0.25, 0.3) is 5.91 Å². The molecular formula is C14H9BrClN3O. The number of nitrogens with one attached hydrogen (secondary N) is 1. The number of carbonyl (C=O) groups is 1. The van der Waals surface area contributed by atoms with Crippen LogP contribution in [0.1, 0.15) is 10.4 Å². The number of rotatable bonds is 2. The van der Waals surface area contributed by atoms with Crippen LogP contribution in [0.15, 0.2) is 53.3 Å². The molecule has 0 aliphatic carbocycles. The van der Waals surface area contributed by atoms with Crippen LogP contribution in [0, 0.1) is 0 Å². The maximum atomic E-state index is 12.3. The highest BCUT2D eigenvalue weighted by Crippen LogP contribution is 2.30. The van der Waals surface area contributed by atoms with Gasteiger partial charge in [-0.1, -0.05) is 23.7 Å². The van der Waals surface area contributed by atoms with Crippen molar-refractivity contribution in [2.24, 2.45) is 0 Å². The average molecular weight is 351 g/mol. The van der Waals surface area contributed by atoms with Crippen LogP contribution < -0.4 is 5.32 Å². The average Bonchev–Trinajstić information content (AvgIpc) is 2.88. The van der Waals surface area contributed by atoms with Crippen molar-refractivity contribution >= 4 is 44.6 Å². The number of hydrogen-bond donors (Lipinski definition) is 1. The lowest BCUT2D eigenvalue weighted by Crippen LogP contribution is -2.12. The van der Waals surface area contributed by atoms with Crippen LogP contribution in [0.4, 0.5) is 5.69 Å². The van der Waals surface area contributed by atoms with E-state index in [1.165, 1.54) is 0 Å². The first-order valence-electron chi connectivity index (χ1n) is 5.84. The molecule has 2 aromatic heterocycles. The van der Waals surface area contributed by atoms with E-state index in [-0.39, 0.29) is 5.91 Å². The normalized spacial score (nSPS) is 10.7. The lowest BCUT2D eigenvalue weighted by Gasteiger charge is -2.07. The Morgan fingerprint density at radius 1 is 1.25 bits per heavy atom. The predicted molar refractivity (Wildman–Crippen MR) is 82.3 cm³/mol. The minimum Gasteiger partial charge on any atom is -0.321 e. The summed E-state index contributed by atoms with van der Waals surface area (Å²) in [6.45, 7) is 0. The molecule has 0 aliphatic heterocycles. The topological polar surface area (TPSA) is 46.4 Å². The van der Waals surface area contributed by atoms with Crippen molar-refractivity contribution in [3.05, 3.63) is 63.9 Å². The molecule has 0 fully saturated rings. The molecule has 3 aromatic rings. The Kier molecular flexibility index (Phi) is 3.46. The summed E-state index contributed by atoms with van der Waals surface area (Å²) < 4.78 is 2.31. The van der Waals surface area contributed by atoms with E-state index in [9.17, 15) is 4.79 Å². The third-order valence-corrected chi connectivity index (χ3v) is 4.27. The van der Waals surface area contributed by atoms with E-state index in [0.717, 1.165) is 5.52 Å². The van der Waals surface area contributed by atoms with Crippen LogP contribution in [0.2, 0.25) is 5.02 Å². The van der Waals surface area contributed by atoms with Gasteiger partial charge in [0.15, 0.2) is 0 Å². The summed E-state index contributed by atoms with van der Waals surface area (Å²) in [6.07, 6.45) is 3.34. The first-order chi connectivity index (χ1) is 9.66. The zero-order valence-corrected chi connectivity index (χ0v) is 12.5. The van der Waals surface area contributed by atoms with Gasteiger partial charge in [-0.25, -0.2) is 4.52 Å². The molecule has 0 saturated heterocycles. The van der Waals surface area contributed by atoms with Gasteiger partial charge >= 0.3 is 0 Å². The summed E-state index contributed by atoms with van der Waals surface area (Å²) in [6, 6.07) is 10.9. The fourth-order valence-electron chi connectivity index (χ4n) is 1.90. The molecule has 0 radical (unpaired) electrons. The number of halogens is 2. The zero-order chi connectivity index (χ0) is 14.1. The molecule has 2 heterocycles. The van der Waals surface area contributed by atoms with Crippen molar-refractivity contribution < 1.29 is 4.79 Å². The van der Waals surface area contributed by atoms with Crippen molar-refractivity contribution in [2.75, 3.05) is 5.32 Å². The van der Waals surface area contributed by atoms with Crippen molar-refractivity contribution in [1.29, 1.82) is 0 Å². The molecule has 0 saturated carbocycles. The van der Waals surface area contributed by atoms with Crippen LogP contribution in [0.3, 0.4) is 0 Å². The third kappa shape index (κ3) is 2.30. The second-order valence-electron chi connectivity index (χ2n) is 4.14. The number of nitrogens with zero attached hydrogens (tertiary/aromatic N) is 2. The Morgan fingerprint density at radius 2 is 2.10 bits per heavy atom. The minimum atomic E-state index is -0.228. The van der Waals surface area contributed by atoms with Crippen LogP contribution in [-0.4, -0.2) is 15.5 Å². The molecule has 0 aliphatic rings. The molecule has 3 rings (SSSR count). The molecular weight excluding hydrogens is 342 g/mol. The second kappa shape index (κ2) is 5.26. The molecule has 0 unspecified atom stereocenters. The number of aromatic nitrogens is 2. The monoisotopic (exact) mass is 349 g/mol. The summed E-state index contributed by atoms with van der Waals surface area (Å²) in [7, 11) is 0. The van der Waals surface area contributed by atoms with E-state index in [4.69, 9.17) is 11.6 Å². The van der Waals surface area contributed by atoms with Gasteiger partial charge in [0.2, 0.25) is 0 Å². The van der Waals surface area contributed by atoms with Gasteiger partial charge in [-0.05, 0) is 40.2 Å². The summed E-state index contributed by atoms with van der Waals surface area (Å²) >= 11 is 9.36. The molecule has 6 heteroatoms. The summed E-state index contributed by atoms with van der Waals surface area (Å²) in [5.74, 6) is -0.228. The molecule has 0 spiro atoms. The Balaban J connectivity index is 1.95. The van der Waals surface area contributed by atoms with Crippen molar-refractivity contribution in [1.82, 2.24) is 9.61 Å². The van der Waals surface area contributed by atoms with Gasteiger partial charge in [0.1, 0.15) is 0 Å². The predicted octanol–water partition coefficient (Wildman–Crippen LogP) is 4.00. The minimum absolute atomic E-state index is 0.228. The fourth-order valence-corrected chi connectivity index (χ4v) is 2.44. The Morgan fingerprint density at radius 3 is 2.95 bits per heavy atom. The smallest absolute Gasteiger partial charge is 0.259 e. The molecule has 1 amide bonds. The van der Waals surface area contributed by atoms with Crippen LogP contribution in [0.5, 0.6) is 0 Å². The molecule has 1 aromatic carbocycles. The van der Waals surface area contributed by atoms with Crippen molar-refractivity contribution in [3.63, 3.8) is 0 Å². The molecule has 100 valence electrons. The molecule has 4 nitrogen and oxygen atoms in total. The number of fused-ring (bicyclic) bond motifs is 1. The fraction of sp³-hybridized carbons (Fsp3) is 0. The zero-order valence-electron chi connectivity index (χ0n) is 10.2. The van der Waals surface area contributed by atoms with Crippen LogP contribution in [-0.2, 0) is 0 Å². The van der Waals surface area contributed by atoms with Gasteiger partial charge in [-0.2, -0.15) is 5.10 Å². The summed E-state index contributed by atoms with van der Waals surface area (Å²) in [5, 5.41) is 7.51. The van der Waals surface area contributed by atoms with Crippen LogP contribution in [0.25, 0.3) is 5.52 Å². The maximum absolute atomic E-state index is 12.3. The number of pyridine rings is 1. The van der Waals surface area contributed by atoms with Crippen LogP contribution >= 0.6 is 27.5 Å². The number of benzene rings is 1. The van der Waals surface area contributed by atoms with E-state index >= 15 is 0 Å². The standard InChI is InChI=1S/C14H9BrClN3O/c15-13-10(16)4-3-5-11(13)18-14(20)9-8-17-19-7-2-1-6-12(9)19/h1-8H,(H,18,20). The molecule has 0 atom stereocenters. The van der Waals surface area contributed by atoms with Gasteiger partial charge in [0.05, 0.1) is 32.5 Å². The SMILES string of the molecule is O=C(Nc1cccc(Cl)c1Br)c1cnn2ccccc12. The van der Waals surface area contributed by atoms with Gasteiger partial charge in [-0.3, -0.25) is 4.79 Å². The van der Waals surface area contributed by atoms with Gasteiger partial charge in [-0.15, -0.1) is 0 Å². The lowest BCUT2D eigenvalue weighted by molar-refractivity contribution is 0.102. The van der Waals surface area contributed by atoms with E-state index < -0.39 is 0 Å². The van der Waals surface area contributed by atoms with Crippen molar-refractivity contribution in [2.45, 2.75) is 0 Å².